The largest absolute Gasteiger partial charge is 0.423 e. The number of rotatable bonds is 6. The van der Waals surface area contributed by atoms with Crippen molar-refractivity contribution in [3.05, 3.63) is 11.8 Å². The van der Waals surface area contributed by atoms with Gasteiger partial charge in [0, 0.05) is 19.0 Å². The first-order valence-corrected chi connectivity index (χ1v) is 8.91. The van der Waals surface area contributed by atoms with Crippen molar-refractivity contribution in [2.45, 2.75) is 44.3 Å². The molecule has 134 valence electrons. The lowest BCUT2D eigenvalue weighted by molar-refractivity contribution is -0.0317. The smallest absolute Gasteiger partial charge is 0.418 e. The summed E-state index contributed by atoms with van der Waals surface area (Å²) >= 11 is 0. The summed E-state index contributed by atoms with van der Waals surface area (Å²) in [4.78, 5) is 13.7. The molecule has 2 fully saturated rings. The van der Waals surface area contributed by atoms with Crippen LogP contribution in [0.15, 0.2) is 4.42 Å². The lowest BCUT2D eigenvalue weighted by atomic mass is 10.0. The van der Waals surface area contributed by atoms with E-state index >= 15 is 0 Å². The van der Waals surface area contributed by atoms with Crippen LogP contribution in [0.5, 0.6) is 0 Å². The molecule has 2 saturated heterocycles. The first-order chi connectivity index (χ1) is 11.3. The molecule has 0 aromatic carbocycles. The lowest BCUT2D eigenvalue weighted by Gasteiger charge is -2.27. The number of hydrogen-bond acceptors (Lipinski definition) is 8. The van der Waals surface area contributed by atoms with Gasteiger partial charge in [0.15, 0.2) is 0 Å². The number of hydroxylamine groups is 2. The van der Waals surface area contributed by atoms with Gasteiger partial charge < -0.3 is 14.6 Å². The van der Waals surface area contributed by atoms with Crippen molar-refractivity contribution < 1.29 is 26.5 Å². The molecule has 1 aromatic heterocycles. The van der Waals surface area contributed by atoms with E-state index in [1.165, 1.54) is 4.90 Å². The summed E-state index contributed by atoms with van der Waals surface area (Å²) in [6, 6.07) is -1.36. The van der Waals surface area contributed by atoms with Gasteiger partial charge in [-0.25, -0.2) is 4.79 Å². The van der Waals surface area contributed by atoms with Crippen LogP contribution >= 0.6 is 0 Å². The molecule has 3 rings (SSSR count). The highest BCUT2D eigenvalue weighted by Crippen LogP contribution is 2.38. The fraction of sp³-hybridized carbons (Fsp3) is 0.750. The molecular weight excluding hydrogens is 342 g/mol. The third kappa shape index (κ3) is 3.36. The van der Waals surface area contributed by atoms with E-state index in [1.807, 2.05) is 14.0 Å². The maximum atomic E-state index is 12.3. The molecular formula is C12H19N5O6S. The summed E-state index contributed by atoms with van der Waals surface area (Å²) in [5.41, 5.74) is 0. The maximum Gasteiger partial charge on any atom is 0.418 e. The van der Waals surface area contributed by atoms with Gasteiger partial charge in [-0.2, -0.15) is 13.5 Å². The minimum Gasteiger partial charge on any atom is -0.423 e. The molecule has 2 amide bonds. The average Bonchev–Trinajstić information content (AvgIpc) is 3.06. The number of urea groups is 1. The van der Waals surface area contributed by atoms with Gasteiger partial charge in [0.1, 0.15) is 6.04 Å². The Morgan fingerprint density at radius 3 is 2.88 bits per heavy atom. The van der Waals surface area contributed by atoms with Crippen LogP contribution in [0.2, 0.25) is 0 Å². The number of piperidine rings is 1. The summed E-state index contributed by atoms with van der Waals surface area (Å²) < 4.78 is 40.6. The molecule has 2 N–H and O–H groups in total. The van der Waals surface area contributed by atoms with Crippen LogP contribution in [0.3, 0.4) is 0 Å². The van der Waals surface area contributed by atoms with Crippen molar-refractivity contribution >= 4 is 16.4 Å². The van der Waals surface area contributed by atoms with Crippen molar-refractivity contribution in [1.82, 2.24) is 25.5 Å². The number of nitrogens with one attached hydrogen (secondary N) is 1. The molecule has 3 heterocycles. The molecule has 0 spiro atoms. The molecule has 2 bridgehead atoms. The molecule has 0 saturated carbocycles. The number of amides is 2. The second-order valence-electron chi connectivity index (χ2n) is 5.94. The van der Waals surface area contributed by atoms with Gasteiger partial charge in [-0.15, -0.1) is 14.5 Å². The van der Waals surface area contributed by atoms with Crippen LogP contribution in [-0.2, 0) is 21.1 Å². The predicted molar refractivity (Wildman–Crippen MR) is 78.9 cm³/mol. The summed E-state index contributed by atoms with van der Waals surface area (Å²) in [6.07, 6.45) is 1.59. The Labute approximate surface area is 138 Å². The first-order valence-electron chi connectivity index (χ1n) is 7.55. The Balaban J connectivity index is 1.74. The highest BCUT2D eigenvalue weighted by Gasteiger charge is 2.49. The number of likely N-dealkylation sites (N-methyl/N-ethyl adjacent to an activating group) is 1. The maximum absolute atomic E-state index is 12.3. The van der Waals surface area contributed by atoms with Crippen LogP contribution in [0.1, 0.15) is 37.6 Å². The van der Waals surface area contributed by atoms with E-state index in [2.05, 4.69) is 19.8 Å². The minimum absolute atomic E-state index is 0.168. The lowest BCUT2D eigenvalue weighted by Crippen LogP contribution is -2.35. The third-order valence-electron chi connectivity index (χ3n) is 4.24. The number of fused-ring (bicyclic) bond motifs is 2. The first kappa shape index (κ1) is 17.1. The number of aromatic nitrogens is 2. The van der Waals surface area contributed by atoms with E-state index in [-0.39, 0.29) is 12.6 Å². The van der Waals surface area contributed by atoms with Gasteiger partial charge in [0.2, 0.25) is 11.8 Å². The summed E-state index contributed by atoms with van der Waals surface area (Å²) in [5.74, 6) is 0.778. The molecule has 2 aliphatic rings. The zero-order chi connectivity index (χ0) is 17.5. The van der Waals surface area contributed by atoms with Gasteiger partial charge in [-0.05, 0) is 26.8 Å². The molecule has 1 aromatic rings. The fourth-order valence-electron chi connectivity index (χ4n) is 2.94. The zero-order valence-electron chi connectivity index (χ0n) is 13.2. The van der Waals surface area contributed by atoms with Crippen LogP contribution < -0.4 is 5.32 Å². The van der Waals surface area contributed by atoms with Gasteiger partial charge in [-0.3, -0.25) is 4.55 Å². The van der Waals surface area contributed by atoms with Gasteiger partial charge in [0.05, 0.1) is 6.04 Å². The van der Waals surface area contributed by atoms with Crippen molar-refractivity contribution in [2.24, 2.45) is 0 Å². The Hall–Kier alpha value is -1.76. The Morgan fingerprint density at radius 1 is 1.46 bits per heavy atom. The fourth-order valence-corrected chi connectivity index (χ4v) is 3.32. The molecule has 1 unspecified atom stereocenters. The van der Waals surface area contributed by atoms with E-state index in [9.17, 15) is 13.2 Å². The van der Waals surface area contributed by atoms with Crippen LogP contribution in [-0.4, -0.2) is 64.8 Å². The normalized spacial score (nSPS) is 25.4. The topological polar surface area (TPSA) is 138 Å². The minimum atomic E-state index is -4.75. The Kier molecular flexibility index (Phi) is 4.46. The quantitative estimate of drug-likeness (QED) is 0.665. The van der Waals surface area contributed by atoms with Gasteiger partial charge in [-0.1, -0.05) is 0 Å². The molecule has 11 nitrogen and oxygen atoms in total. The molecule has 0 aliphatic carbocycles. The number of hydrogen-bond donors (Lipinski definition) is 2. The van der Waals surface area contributed by atoms with Crippen molar-refractivity contribution in [3.63, 3.8) is 0 Å². The van der Waals surface area contributed by atoms with Gasteiger partial charge >= 0.3 is 16.4 Å². The average molecular weight is 361 g/mol. The van der Waals surface area contributed by atoms with Crippen molar-refractivity contribution in [3.8, 4) is 0 Å². The zero-order valence-corrected chi connectivity index (χ0v) is 14.1. The summed E-state index contributed by atoms with van der Waals surface area (Å²) in [6.45, 7) is 2.24. The third-order valence-corrected chi connectivity index (χ3v) is 4.59. The molecule has 12 heteroatoms. The van der Waals surface area contributed by atoms with E-state index in [0.717, 1.165) is 0 Å². The SMILES string of the molecule is CNC(C)Cc1nnc([C@@H]2CC[C@@H]3CN2C(=O)N3OS(=O)(=O)O)o1. The predicted octanol–water partition coefficient (Wildman–Crippen LogP) is -0.104. The molecule has 24 heavy (non-hydrogen) atoms. The number of nitrogens with zero attached hydrogens (tertiary/aromatic N) is 4. The highest BCUT2D eigenvalue weighted by molar-refractivity contribution is 7.80. The van der Waals surface area contributed by atoms with Crippen molar-refractivity contribution in [1.29, 1.82) is 0 Å². The molecule has 0 radical (unpaired) electrons. The molecule has 3 atom stereocenters. The number of carbonyl (C=O) groups excluding carboxylic acids is 1. The highest BCUT2D eigenvalue weighted by atomic mass is 32.3. The Morgan fingerprint density at radius 2 is 2.21 bits per heavy atom. The Bertz CT molecular complexity index is 721. The summed E-state index contributed by atoms with van der Waals surface area (Å²) in [5, 5.41) is 11.8. The van der Waals surface area contributed by atoms with E-state index < -0.39 is 28.5 Å². The van der Waals surface area contributed by atoms with E-state index in [4.69, 9.17) is 8.97 Å². The summed E-state index contributed by atoms with van der Waals surface area (Å²) in [7, 11) is -2.92. The number of carbonyl (C=O) groups is 1. The van der Waals surface area contributed by atoms with Crippen molar-refractivity contribution in [2.75, 3.05) is 13.6 Å². The van der Waals surface area contributed by atoms with E-state index in [0.29, 0.717) is 36.1 Å². The second-order valence-corrected chi connectivity index (χ2v) is 6.94. The van der Waals surface area contributed by atoms with Crippen LogP contribution in [0, 0.1) is 0 Å². The van der Waals surface area contributed by atoms with Gasteiger partial charge in [0.25, 0.3) is 0 Å². The van der Waals surface area contributed by atoms with Crippen LogP contribution in [0.4, 0.5) is 4.79 Å². The monoisotopic (exact) mass is 361 g/mol. The van der Waals surface area contributed by atoms with Crippen LogP contribution in [0.25, 0.3) is 0 Å². The standard InChI is InChI=1S/C12H19N5O6S/c1-7(13-2)5-10-14-15-11(22-10)9-4-3-8-6-16(9)12(18)17(8)23-24(19,20)21/h7-9,13H,3-6H2,1-2H3,(H,19,20,21)/t7?,8-,9+/m1/s1. The van der Waals surface area contributed by atoms with E-state index in [1.54, 1.807) is 0 Å². The molecule has 2 aliphatic heterocycles. The second kappa shape index (κ2) is 6.27.